The molecule has 2 unspecified atom stereocenters. The molecule has 0 radical (unpaired) electrons. The summed E-state index contributed by atoms with van der Waals surface area (Å²) in [6, 6.07) is 0.872. The van der Waals surface area contributed by atoms with Gasteiger partial charge in [-0.25, -0.2) is 17.5 Å². The maximum atomic E-state index is 12.9. The van der Waals surface area contributed by atoms with Gasteiger partial charge in [-0.15, -0.1) is 0 Å². The molecule has 0 bridgehead atoms. The second kappa shape index (κ2) is 5.81. The average molecular weight is 303 g/mol. The molecular weight excluding hydrogens is 289 g/mol. The predicted molar refractivity (Wildman–Crippen MR) is 66.5 cm³/mol. The number of nitrogens with zero attached hydrogens (tertiary/aromatic N) is 1. The Hall–Kier alpha value is -1.58. The number of primary amides is 1. The molecule has 1 aliphatic rings. The molecular formula is C11H14FN3O4S. The minimum Gasteiger partial charge on any atom is -0.367 e. The van der Waals surface area contributed by atoms with Crippen LogP contribution < -0.4 is 10.5 Å². The van der Waals surface area contributed by atoms with Crippen molar-refractivity contribution in [3.8, 4) is 0 Å². The molecule has 0 saturated carbocycles. The third-order valence-corrected chi connectivity index (χ3v) is 4.31. The van der Waals surface area contributed by atoms with Gasteiger partial charge in [0.25, 0.3) is 0 Å². The number of hydrogen-bond donors (Lipinski definition) is 2. The van der Waals surface area contributed by atoms with Gasteiger partial charge in [-0.05, 0) is 18.9 Å². The van der Waals surface area contributed by atoms with Crippen LogP contribution in [0.1, 0.15) is 12.8 Å². The van der Waals surface area contributed by atoms with Crippen molar-refractivity contribution in [3.63, 3.8) is 0 Å². The van der Waals surface area contributed by atoms with Gasteiger partial charge in [0.1, 0.15) is 16.8 Å². The number of hydrogen-bond acceptors (Lipinski definition) is 5. The van der Waals surface area contributed by atoms with Crippen molar-refractivity contribution in [3.05, 3.63) is 24.3 Å². The molecule has 2 atom stereocenters. The zero-order chi connectivity index (χ0) is 14.8. The third-order valence-electron chi connectivity index (χ3n) is 2.92. The molecule has 0 aliphatic carbocycles. The first-order chi connectivity index (χ1) is 9.38. The third kappa shape index (κ3) is 3.50. The summed E-state index contributed by atoms with van der Waals surface area (Å²) in [4.78, 5) is 14.1. The summed E-state index contributed by atoms with van der Waals surface area (Å²) < 4.78 is 44.3. The summed E-state index contributed by atoms with van der Waals surface area (Å²) in [5.41, 5.74) is 5.10. The molecule has 1 fully saturated rings. The molecule has 20 heavy (non-hydrogen) atoms. The molecule has 7 nitrogen and oxygen atoms in total. The number of carbonyl (C=O) groups excluding carboxylic acids is 1. The summed E-state index contributed by atoms with van der Waals surface area (Å²) >= 11 is 0. The van der Waals surface area contributed by atoms with E-state index >= 15 is 0 Å². The highest BCUT2D eigenvalue weighted by Crippen LogP contribution is 2.19. The molecule has 1 aliphatic heterocycles. The van der Waals surface area contributed by atoms with Gasteiger partial charge in [-0.1, -0.05) is 0 Å². The van der Waals surface area contributed by atoms with Crippen LogP contribution in [0.25, 0.3) is 0 Å². The lowest BCUT2D eigenvalue weighted by atomic mass is 10.2. The number of amides is 1. The first-order valence-corrected chi connectivity index (χ1v) is 7.42. The van der Waals surface area contributed by atoms with Crippen molar-refractivity contribution in [2.75, 3.05) is 6.54 Å². The molecule has 1 aromatic heterocycles. The molecule has 110 valence electrons. The van der Waals surface area contributed by atoms with Gasteiger partial charge in [-0.3, -0.25) is 9.78 Å². The van der Waals surface area contributed by atoms with E-state index in [0.29, 0.717) is 12.8 Å². The summed E-state index contributed by atoms with van der Waals surface area (Å²) in [6.45, 7) is -0.0113. The molecule has 1 aromatic rings. The van der Waals surface area contributed by atoms with E-state index in [0.717, 1.165) is 18.5 Å². The van der Waals surface area contributed by atoms with Crippen LogP contribution in [-0.4, -0.2) is 38.1 Å². The van der Waals surface area contributed by atoms with E-state index in [1.54, 1.807) is 0 Å². The Morgan fingerprint density at radius 3 is 2.85 bits per heavy atom. The first-order valence-electron chi connectivity index (χ1n) is 5.93. The maximum Gasteiger partial charge on any atom is 0.246 e. The fraction of sp³-hybridized carbons (Fsp3) is 0.455. The van der Waals surface area contributed by atoms with Gasteiger partial charge in [0.15, 0.2) is 0 Å². The zero-order valence-corrected chi connectivity index (χ0v) is 11.3. The number of nitrogens with one attached hydrogen (secondary N) is 1. The van der Waals surface area contributed by atoms with Crippen LogP contribution in [0, 0.1) is 5.82 Å². The predicted octanol–water partition coefficient (Wildman–Crippen LogP) is -0.468. The van der Waals surface area contributed by atoms with E-state index in [1.165, 1.54) is 0 Å². The van der Waals surface area contributed by atoms with Crippen molar-refractivity contribution in [1.29, 1.82) is 0 Å². The number of rotatable bonds is 5. The smallest absolute Gasteiger partial charge is 0.246 e. The standard InChI is InChI=1S/C11H14FN3O4S/c12-7-3-9(6-14-4-7)20(17,18)15-5-8-1-2-10(19-8)11(13)16/h3-4,6,8,10,15H,1-2,5H2,(H2,13,16). The van der Waals surface area contributed by atoms with Crippen molar-refractivity contribution >= 4 is 15.9 Å². The number of sulfonamides is 1. The minimum atomic E-state index is -3.86. The lowest BCUT2D eigenvalue weighted by Gasteiger charge is -2.12. The SMILES string of the molecule is NC(=O)C1CCC(CNS(=O)(=O)c2cncc(F)c2)O1. The highest BCUT2D eigenvalue weighted by molar-refractivity contribution is 7.89. The Bertz CT molecular complexity index is 607. The number of nitrogens with two attached hydrogens (primary N) is 1. The molecule has 2 rings (SSSR count). The number of halogens is 1. The number of carbonyl (C=O) groups is 1. The number of ether oxygens (including phenoxy) is 1. The molecule has 0 spiro atoms. The lowest BCUT2D eigenvalue weighted by Crippen LogP contribution is -2.34. The monoisotopic (exact) mass is 303 g/mol. The van der Waals surface area contributed by atoms with Gasteiger partial charge in [0.2, 0.25) is 15.9 Å². The highest BCUT2D eigenvalue weighted by Gasteiger charge is 2.30. The van der Waals surface area contributed by atoms with Crippen molar-refractivity contribution in [2.24, 2.45) is 5.73 Å². The largest absolute Gasteiger partial charge is 0.367 e. The van der Waals surface area contributed by atoms with Crippen LogP contribution in [0.3, 0.4) is 0 Å². The van der Waals surface area contributed by atoms with Gasteiger partial charge in [0, 0.05) is 12.7 Å². The first kappa shape index (κ1) is 14.8. The van der Waals surface area contributed by atoms with Crippen LogP contribution in [0.2, 0.25) is 0 Å². The Kier molecular flexibility index (Phi) is 4.31. The van der Waals surface area contributed by atoms with Crippen LogP contribution in [0.4, 0.5) is 4.39 Å². The van der Waals surface area contributed by atoms with Gasteiger partial charge in [-0.2, -0.15) is 0 Å². The second-order valence-corrected chi connectivity index (χ2v) is 6.18. The van der Waals surface area contributed by atoms with Crippen LogP contribution in [0.5, 0.6) is 0 Å². The molecule has 1 saturated heterocycles. The Morgan fingerprint density at radius 1 is 1.50 bits per heavy atom. The van der Waals surface area contributed by atoms with E-state index in [1.807, 2.05) is 0 Å². The van der Waals surface area contributed by atoms with E-state index in [9.17, 15) is 17.6 Å². The fourth-order valence-corrected chi connectivity index (χ4v) is 2.93. The van der Waals surface area contributed by atoms with Crippen molar-refractivity contribution in [1.82, 2.24) is 9.71 Å². The van der Waals surface area contributed by atoms with E-state index in [4.69, 9.17) is 10.5 Å². The van der Waals surface area contributed by atoms with Gasteiger partial charge < -0.3 is 10.5 Å². The van der Waals surface area contributed by atoms with Crippen molar-refractivity contribution < 1.29 is 22.3 Å². The quantitative estimate of drug-likeness (QED) is 0.764. The lowest BCUT2D eigenvalue weighted by molar-refractivity contribution is -0.128. The van der Waals surface area contributed by atoms with Gasteiger partial charge >= 0.3 is 0 Å². The summed E-state index contributed by atoms with van der Waals surface area (Å²) in [5, 5.41) is 0. The normalized spacial score (nSPS) is 22.9. The summed E-state index contributed by atoms with van der Waals surface area (Å²) in [6.07, 6.45) is 1.84. The molecule has 2 heterocycles. The molecule has 9 heteroatoms. The molecule has 1 amide bonds. The second-order valence-electron chi connectivity index (χ2n) is 4.42. The Balaban J connectivity index is 1.95. The van der Waals surface area contributed by atoms with Crippen LogP contribution >= 0.6 is 0 Å². The Labute approximate surface area is 115 Å². The molecule has 0 aromatic carbocycles. The highest BCUT2D eigenvalue weighted by atomic mass is 32.2. The van der Waals surface area contributed by atoms with Crippen LogP contribution in [0.15, 0.2) is 23.4 Å². The van der Waals surface area contributed by atoms with E-state index < -0.39 is 34.0 Å². The topological polar surface area (TPSA) is 111 Å². The van der Waals surface area contributed by atoms with E-state index in [2.05, 4.69) is 9.71 Å². The number of aromatic nitrogens is 1. The maximum absolute atomic E-state index is 12.9. The fourth-order valence-electron chi connectivity index (χ4n) is 1.89. The zero-order valence-electron chi connectivity index (χ0n) is 10.5. The van der Waals surface area contributed by atoms with E-state index in [-0.39, 0.29) is 11.4 Å². The van der Waals surface area contributed by atoms with Gasteiger partial charge in [0.05, 0.1) is 12.3 Å². The minimum absolute atomic E-state index is 0.0113. The Morgan fingerprint density at radius 2 is 2.25 bits per heavy atom. The summed E-state index contributed by atoms with van der Waals surface area (Å²) in [7, 11) is -3.86. The van der Waals surface area contributed by atoms with Crippen LogP contribution in [-0.2, 0) is 19.6 Å². The summed E-state index contributed by atoms with van der Waals surface area (Å²) in [5.74, 6) is -1.30. The average Bonchev–Trinajstić information content (AvgIpc) is 2.85. The van der Waals surface area contributed by atoms with Crippen molar-refractivity contribution in [2.45, 2.75) is 29.9 Å². The molecule has 3 N–H and O–H groups in total. The number of pyridine rings is 1.